The van der Waals surface area contributed by atoms with E-state index < -0.39 is 0 Å². The maximum absolute atomic E-state index is 13.4. The highest BCUT2D eigenvalue weighted by Crippen LogP contribution is 2.33. The van der Waals surface area contributed by atoms with Crippen molar-refractivity contribution in [2.24, 2.45) is 5.73 Å². The van der Waals surface area contributed by atoms with E-state index in [1.165, 1.54) is 37.1 Å². The molecule has 7 heteroatoms. The third-order valence-electron chi connectivity index (χ3n) is 6.04. The fourth-order valence-corrected chi connectivity index (χ4v) is 4.55. The second-order valence-corrected chi connectivity index (χ2v) is 7.93. The van der Waals surface area contributed by atoms with Gasteiger partial charge in [-0.2, -0.15) is 5.10 Å². The molecule has 0 atom stereocenters. The summed E-state index contributed by atoms with van der Waals surface area (Å²) >= 11 is 0. The average molecular weight is 390 g/mol. The highest BCUT2D eigenvalue weighted by molar-refractivity contribution is 6.10. The predicted octanol–water partition coefficient (Wildman–Crippen LogP) is 2.03. The van der Waals surface area contributed by atoms with E-state index in [0.29, 0.717) is 24.3 Å². The van der Waals surface area contributed by atoms with Crippen LogP contribution in [0.1, 0.15) is 39.9 Å². The van der Waals surface area contributed by atoms with Gasteiger partial charge in [0.1, 0.15) is 5.56 Å². The van der Waals surface area contributed by atoms with Crippen LogP contribution in [0.3, 0.4) is 0 Å². The van der Waals surface area contributed by atoms with Crippen molar-refractivity contribution < 1.29 is 4.79 Å². The Balaban J connectivity index is 1.43. The minimum atomic E-state index is -0.0313. The highest BCUT2D eigenvalue weighted by Gasteiger charge is 2.29. The van der Waals surface area contributed by atoms with Gasteiger partial charge >= 0.3 is 0 Å². The molecule has 150 valence electrons. The molecule has 3 aromatic rings. The lowest BCUT2D eigenvalue weighted by Gasteiger charge is -2.19. The summed E-state index contributed by atoms with van der Waals surface area (Å²) in [4.78, 5) is 22.2. The molecule has 0 saturated carbocycles. The van der Waals surface area contributed by atoms with Crippen LogP contribution in [0.4, 0.5) is 5.69 Å². The largest absolute Gasteiger partial charge is 0.330 e. The zero-order valence-corrected chi connectivity index (χ0v) is 16.5. The van der Waals surface area contributed by atoms with E-state index >= 15 is 0 Å². The smallest absolute Gasteiger partial charge is 0.263 e. The van der Waals surface area contributed by atoms with Crippen LogP contribution in [0, 0.1) is 0 Å². The monoisotopic (exact) mass is 390 g/mol. The van der Waals surface area contributed by atoms with Gasteiger partial charge in [-0.25, -0.2) is 9.50 Å². The van der Waals surface area contributed by atoms with Gasteiger partial charge in [-0.05, 0) is 68.1 Å². The van der Waals surface area contributed by atoms with E-state index in [0.717, 1.165) is 30.6 Å². The molecule has 0 unspecified atom stereocenters. The first-order valence-electron chi connectivity index (χ1n) is 10.4. The van der Waals surface area contributed by atoms with Crippen molar-refractivity contribution in [3.05, 3.63) is 59.0 Å². The van der Waals surface area contributed by atoms with Gasteiger partial charge in [-0.1, -0.05) is 12.1 Å². The van der Waals surface area contributed by atoms with E-state index in [1.807, 2.05) is 11.1 Å². The molecule has 2 aromatic heterocycles. The number of carbonyl (C=O) groups is 1. The minimum Gasteiger partial charge on any atom is -0.330 e. The molecule has 1 fully saturated rings. The van der Waals surface area contributed by atoms with Crippen LogP contribution < -0.4 is 10.6 Å². The Labute approximate surface area is 170 Å². The van der Waals surface area contributed by atoms with Crippen molar-refractivity contribution >= 4 is 17.2 Å². The van der Waals surface area contributed by atoms with E-state index in [4.69, 9.17) is 5.73 Å². The van der Waals surface area contributed by atoms with Gasteiger partial charge in [0.15, 0.2) is 5.65 Å². The van der Waals surface area contributed by atoms with Crippen LogP contribution in [-0.4, -0.2) is 51.6 Å². The lowest BCUT2D eigenvalue weighted by atomic mass is 10.0. The molecular formula is C22H26N6O. The number of fused-ring (bicyclic) bond motifs is 2. The van der Waals surface area contributed by atoms with Crippen molar-refractivity contribution in [3.63, 3.8) is 0 Å². The van der Waals surface area contributed by atoms with Crippen LogP contribution in [0.5, 0.6) is 0 Å². The average Bonchev–Trinajstić information content (AvgIpc) is 3.47. The lowest BCUT2D eigenvalue weighted by molar-refractivity contribution is 0.0990. The first kappa shape index (κ1) is 18.3. The Kier molecular flexibility index (Phi) is 4.77. The summed E-state index contributed by atoms with van der Waals surface area (Å²) in [7, 11) is 0. The van der Waals surface area contributed by atoms with E-state index in [-0.39, 0.29) is 5.91 Å². The van der Waals surface area contributed by atoms with Crippen LogP contribution in [0.25, 0.3) is 5.65 Å². The lowest BCUT2D eigenvalue weighted by Crippen LogP contribution is -2.28. The van der Waals surface area contributed by atoms with Gasteiger partial charge < -0.3 is 10.6 Å². The molecule has 2 aliphatic heterocycles. The maximum atomic E-state index is 13.4. The van der Waals surface area contributed by atoms with Crippen molar-refractivity contribution in [2.45, 2.75) is 32.2 Å². The summed E-state index contributed by atoms with van der Waals surface area (Å²) in [6.45, 7) is 4.59. The molecule has 0 radical (unpaired) electrons. The second-order valence-electron chi connectivity index (χ2n) is 7.93. The molecule has 0 aliphatic carbocycles. The number of hydrogen-bond donors (Lipinski definition) is 1. The topological polar surface area (TPSA) is 79.8 Å². The summed E-state index contributed by atoms with van der Waals surface area (Å²) in [5.74, 6) is -0.0313. The van der Waals surface area contributed by atoms with Crippen LogP contribution in [0.2, 0.25) is 0 Å². The predicted molar refractivity (Wildman–Crippen MR) is 112 cm³/mol. The Bertz CT molecular complexity index is 1050. The zero-order chi connectivity index (χ0) is 19.8. The number of amides is 1. The van der Waals surface area contributed by atoms with E-state index in [1.54, 1.807) is 16.9 Å². The van der Waals surface area contributed by atoms with Gasteiger partial charge in [0.2, 0.25) is 0 Å². The molecule has 0 bridgehead atoms. The fourth-order valence-electron chi connectivity index (χ4n) is 4.55. The summed E-state index contributed by atoms with van der Waals surface area (Å²) in [5, 5.41) is 4.36. The molecule has 1 amide bonds. The zero-order valence-electron chi connectivity index (χ0n) is 16.5. The number of benzene rings is 1. The normalized spacial score (nSPS) is 16.7. The number of likely N-dealkylation sites (tertiary alicyclic amines) is 1. The van der Waals surface area contributed by atoms with Crippen LogP contribution >= 0.6 is 0 Å². The molecule has 1 aromatic carbocycles. The number of anilines is 1. The number of rotatable bonds is 5. The van der Waals surface area contributed by atoms with Crippen molar-refractivity contribution in [1.82, 2.24) is 19.5 Å². The molecule has 1 saturated heterocycles. The number of nitrogens with two attached hydrogens (primary N) is 1. The van der Waals surface area contributed by atoms with Crippen molar-refractivity contribution in [2.75, 3.05) is 31.1 Å². The molecule has 4 heterocycles. The number of carbonyl (C=O) groups excluding carboxylic acids is 1. The SMILES string of the molecule is NCCc1cnc2c(C(=O)N3CCc4c(CN5CCCC5)cccc43)cnn2c1. The summed E-state index contributed by atoms with van der Waals surface area (Å²) in [6, 6.07) is 6.34. The molecule has 7 nitrogen and oxygen atoms in total. The molecule has 2 N–H and O–H groups in total. The molecule has 2 aliphatic rings. The minimum absolute atomic E-state index is 0.0313. The third-order valence-corrected chi connectivity index (χ3v) is 6.04. The maximum Gasteiger partial charge on any atom is 0.263 e. The van der Waals surface area contributed by atoms with Gasteiger partial charge in [0.25, 0.3) is 5.91 Å². The molecule has 29 heavy (non-hydrogen) atoms. The number of nitrogens with zero attached hydrogens (tertiary/aromatic N) is 5. The van der Waals surface area contributed by atoms with Crippen LogP contribution in [-0.2, 0) is 19.4 Å². The summed E-state index contributed by atoms with van der Waals surface area (Å²) in [5.41, 5.74) is 11.5. The summed E-state index contributed by atoms with van der Waals surface area (Å²) in [6.07, 6.45) is 9.53. The Morgan fingerprint density at radius 1 is 1.14 bits per heavy atom. The highest BCUT2D eigenvalue weighted by atomic mass is 16.2. The molecular weight excluding hydrogens is 364 g/mol. The summed E-state index contributed by atoms with van der Waals surface area (Å²) < 4.78 is 1.68. The second kappa shape index (κ2) is 7.57. The standard InChI is InChI=1S/C22H26N6O/c23-8-6-16-12-24-21-19(13-25-28(21)14-16)22(29)27-11-7-18-17(4-3-5-20(18)27)15-26-9-1-2-10-26/h3-5,12-14H,1-2,6-11,15,23H2. The van der Waals surface area contributed by atoms with E-state index in [2.05, 4.69) is 33.2 Å². The van der Waals surface area contributed by atoms with Gasteiger partial charge in [-0.3, -0.25) is 9.69 Å². The quantitative estimate of drug-likeness (QED) is 0.721. The van der Waals surface area contributed by atoms with Crippen molar-refractivity contribution in [1.29, 1.82) is 0 Å². The van der Waals surface area contributed by atoms with Gasteiger partial charge in [0.05, 0.1) is 6.20 Å². The Hall–Kier alpha value is -2.77. The van der Waals surface area contributed by atoms with Gasteiger partial charge in [-0.15, -0.1) is 0 Å². The third kappa shape index (κ3) is 3.30. The number of hydrogen-bond acceptors (Lipinski definition) is 5. The molecule has 5 rings (SSSR count). The van der Waals surface area contributed by atoms with Crippen LogP contribution in [0.15, 0.2) is 36.8 Å². The Morgan fingerprint density at radius 2 is 2.00 bits per heavy atom. The number of aromatic nitrogens is 3. The van der Waals surface area contributed by atoms with Crippen molar-refractivity contribution in [3.8, 4) is 0 Å². The molecule has 0 spiro atoms. The first-order chi connectivity index (χ1) is 14.2. The Morgan fingerprint density at radius 3 is 2.83 bits per heavy atom. The first-order valence-corrected chi connectivity index (χ1v) is 10.4. The van der Waals surface area contributed by atoms with Gasteiger partial charge in [0, 0.05) is 31.2 Å². The van der Waals surface area contributed by atoms with E-state index in [9.17, 15) is 4.79 Å². The fraction of sp³-hybridized carbons (Fsp3) is 0.409.